The Bertz CT molecular complexity index is 713. The minimum Gasteiger partial charge on any atom is -0.337 e. The standard InChI is InChI=1S/C17H22N6O/c1-3-4-17(24)22-11-9-21(10-12-22)13-16-18-19-20-23(16)15-7-5-14(2)6-8-15/h3-8H,9-13H2,1-2H3/b4-3-. The van der Waals surface area contributed by atoms with Crippen molar-refractivity contribution in [2.24, 2.45) is 0 Å². The predicted octanol–water partition coefficient (Wildman–Crippen LogP) is 1.19. The van der Waals surface area contributed by atoms with Gasteiger partial charge in [-0.15, -0.1) is 5.10 Å². The first-order valence-electron chi connectivity index (χ1n) is 8.15. The van der Waals surface area contributed by atoms with Crippen molar-refractivity contribution in [3.63, 3.8) is 0 Å². The molecule has 2 heterocycles. The number of aryl methyl sites for hydroxylation is 1. The molecule has 0 atom stereocenters. The van der Waals surface area contributed by atoms with Crippen LogP contribution in [0.15, 0.2) is 36.4 Å². The van der Waals surface area contributed by atoms with E-state index in [1.165, 1.54) is 5.56 Å². The zero-order valence-electron chi connectivity index (χ0n) is 14.1. The fourth-order valence-electron chi connectivity index (χ4n) is 2.77. The van der Waals surface area contributed by atoms with Gasteiger partial charge in [0.2, 0.25) is 5.91 Å². The molecule has 0 saturated carbocycles. The zero-order valence-corrected chi connectivity index (χ0v) is 14.1. The molecule has 1 saturated heterocycles. The lowest BCUT2D eigenvalue weighted by Gasteiger charge is -2.33. The number of hydrogen-bond donors (Lipinski definition) is 0. The van der Waals surface area contributed by atoms with Gasteiger partial charge in [0.15, 0.2) is 5.82 Å². The number of carbonyl (C=O) groups excluding carboxylic acids is 1. The van der Waals surface area contributed by atoms with Gasteiger partial charge in [-0.2, -0.15) is 4.68 Å². The van der Waals surface area contributed by atoms with Crippen LogP contribution in [0.3, 0.4) is 0 Å². The fraction of sp³-hybridized carbons (Fsp3) is 0.412. The number of carbonyl (C=O) groups is 1. The Kier molecular flexibility index (Phi) is 5.00. The average molecular weight is 326 g/mol. The molecule has 3 rings (SSSR count). The van der Waals surface area contributed by atoms with Crippen LogP contribution in [0.5, 0.6) is 0 Å². The number of piperazine rings is 1. The van der Waals surface area contributed by atoms with E-state index in [4.69, 9.17) is 0 Å². The third-order valence-electron chi connectivity index (χ3n) is 4.17. The van der Waals surface area contributed by atoms with Crippen molar-refractivity contribution in [2.45, 2.75) is 20.4 Å². The number of rotatable bonds is 4. The van der Waals surface area contributed by atoms with Crippen LogP contribution in [0.1, 0.15) is 18.3 Å². The van der Waals surface area contributed by atoms with Crippen LogP contribution in [0, 0.1) is 6.92 Å². The van der Waals surface area contributed by atoms with E-state index < -0.39 is 0 Å². The first-order valence-corrected chi connectivity index (χ1v) is 8.15. The van der Waals surface area contributed by atoms with Crippen LogP contribution in [-0.2, 0) is 11.3 Å². The SMILES string of the molecule is C/C=C\C(=O)N1CCN(Cc2nnnn2-c2ccc(C)cc2)CC1. The zero-order chi connectivity index (χ0) is 16.9. The lowest BCUT2D eigenvalue weighted by Crippen LogP contribution is -2.48. The van der Waals surface area contributed by atoms with E-state index in [-0.39, 0.29) is 5.91 Å². The second-order valence-electron chi connectivity index (χ2n) is 5.94. The van der Waals surface area contributed by atoms with Crippen LogP contribution in [0.4, 0.5) is 0 Å². The molecule has 2 aromatic rings. The Labute approximate surface area is 141 Å². The summed E-state index contributed by atoms with van der Waals surface area (Å²) in [5.41, 5.74) is 2.16. The summed E-state index contributed by atoms with van der Waals surface area (Å²) in [4.78, 5) is 16.0. The number of allylic oxidation sites excluding steroid dienone is 1. The first-order chi connectivity index (χ1) is 11.7. The number of nitrogens with zero attached hydrogens (tertiary/aromatic N) is 6. The van der Waals surface area contributed by atoms with E-state index in [2.05, 4.69) is 27.3 Å². The molecule has 1 aliphatic rings. The van der Waals surface area contributed by atoms with Gasteiger partial charge in [0, 0.05) is 26.2 Å². The molecule has 7 heteroatoms. The van der Waals surface area contributed by atoms with Gasteiger partial charge in [-0.05, 0) is 42.5 Å². The van der Waals surface area contributed by atoms with Gasteiger partial charge < -0.3 is 4.90 Å². The van der Waals surface area contributed by atoms with Gasteiger partial charge >= 0.3 is 0 Å². The van der Waals surface area contributed by atoms with Crippen LogP contribution >= 0.6 is 0 Å². The van der Waals surface area contributed by atoms with Gasteiger partial charge in [0.05, 0.1) is 12.2 Å². The van der Waals surface area contributed by atoms with E-state index in [1.54, 1.807) is 16.8 Å². The van der Waals surface area contributed by atoms with Crippen molar-refractivity contribution >= 4 is 5.91 Å². The second-order valence-corrected chi connectivity index (χ2v) is 5.94. The Morgan fingerprint density at radius 2 is 1.88 bits per heavy atom. The molecule has 0 aliphatic carbocycles. The molecule has 1 aromatic heterocycles. The van der Waals surface area contributed by atoms with Crippen molar-refractivity contribution < 1.29 is 4.79 Å². The molecule has 7 nitrogen and oxygen atoms in total. The highest BCUT2D eigenvalue weighted by Gasteiger charge is 2.21. The fourth-order valence-corrected chi connectivity index (χ4v) is 2.77. The maximum absolute atomic E-state index is 11.9. The van der Waals surface area contributed by atoms with E-state index in [1.807, 2.05) is 36.1 Å². The number of amides is 1. The van der Waals surface area contributed by atoms with Crippen molar-refractivity contribution in [1.29, 1.82) is 0 Å². The quantitative estimate of drug-likeness (QED) is 0.790. The lowest BCUT2D eigenvalue weighted by atomic mass is 10.2. The van der Waals surface area contributed by atoms with Crippen molar-refractivity contribution in [3.8, 4) is 5.69 Å². The number of tetrazole rings is 1. The minimum atomic E-state index is 0.0849. The molecule has 0 spiro atoms. The molecular weight excluding hydrogens is 304 g/mol. The molecule has 0 radical (unpaired) electrons. The summed E-state index contributed by atoms with van der Waals surface area (Å²) in [5, 5.41) is 12.1. The van der Waals surface area contributed by atoms with Crippen LogP contribution in [0.25, 0.3) is 5.69 Å². The summed E-state index contributed by atoms with van der Waals surface area (Å²) in [6.45, 7) is 7.70. The van der Waals surface area contributed by atoms with E-state index in [9.17, 15) is 4.79 Å². The Morgan fingerprint density at radius 1 is 1.17 bits per heavy atom. The maximum Gasteiger partial charge on any atom is 0.246 e. The highest BCUT2D eigenvalue weighted by molar-refractivity contribution is 5.87. The van der Waals surface area contributed by atoms with E-state index in [0.717, 1.165) is 37.7 Å². The monoisotopic (exact) mass is 326 g/mol. The van der Waals surface area contributed by atoms with Crippen molar-refractivity contribution in [2.75, 3.05) is 26.2 Å². The topological polar surface area (TPSA) is 67.2 Å². The van der Waals surface area contributed by atoms with Crippen molar-refractivity contribution in [3.05, 3.63) is 47.8 Å². The summed E-state index contributed by atoms with van der Waals surface area (Å²) < 4.78 is 1.77. The predicted molar refractivity (Wildman–Crippen MR) is 90.6 cm³/mol. The Balaban J connectivity index is 1.63. The molecular formula is C17H22N6O. The van der Waals surface area contributed by atoms with Crippen LogP contribution in [0.2, 0.25) is 0 Å². The van der Waals surface area contributed by atoms with Gasteiger partial charge in [-0.25, -0.2) is 0 Å². The minimum absolute atomic E-state index is 0.0849. The van der Waals surface area contributed by atoms with Gasteiger partial charge in [-0.1, -0.05) is 23.8 Å². The number of hydrogen-bond acceptors (Lipinski definition) is 5. The summed E-state index contributed by atoms with van der Waals surface area (Å²) in [7, 11) is 0. The van der Waals surface area contributed by atoms with Gasteiger partial charge in [-0.3, -0.25) is 9.69 Å². The molecule has 1 aliphatic heterocycles. The average Bonchev–Trinajstić information content (AvgIpc) is 3.04. The normalized spacial score (nSPS) is 16.0. The third kappa shape index (κ3) is 3.68. The molecule has 1 fully saturated rings. The smallest absolute Gasteiger partial charge is 0.246 e. The first kappa shape index (κ1) is 16.3. The maximum atomic E-state index is 11.9. The summed E-state index contributed by atoms with van der Waals surface area (Å²) >= 11 is 0. The molecule has 0 N–H and O–H groups in total. The largest absolute Gasteiger partial charge is 0.337 e. The van der Waals surface area contributed by atoms with E-state index in [0.29, 0.717) is 6.54 Å². The summed E-state index contributed by atoms with van der Waals surface area (Å²) in [5.74, 6) is 0.897. The Hall–Kier alpha value is -2.54. The Morgan fingerprint density at radius 3 is 2.54 bits per heavy atom. The molecule has 1 aromatic carbocycles. The van der Waals surface area contributed by atoms with Crippen LogP contribution < -0.4 is 0 Å². The van der Waals surface area contributed by atoms with E-state index >= 15 is 0 Å². The molecule has 0 bridgehead atoms. The third-order valence-corrected chi connectivity index (χ3v) is 4.17. The summed E-state index contributed by atoms with van der Waals surface area (Å²) in [6, 6.07) is 8.13. The molecule has 126 valence electrons. The van der Waals surface area contributed by atoms with Crippen molar-refractivity contribution in [1.82, 2.24) is 30.0 Å². The molecule has 24 heavy (non-hydrogen) atoms. The summed E-state index contributed by atoms with van der Waals surface area (Å²) in [6.07, 6.45) is 3.40. The second kappa shape index (κ2) is 7.35. The number of benzene rings is 1. The molecule has 1 amide bonds. The highest BCUT2D eigenvalue weighted by Crippen LogP contribution is 2.12. The van der Waals surface area contributed by atoms with Gasteiger partial charge in [0.1, 0.15) is 0 Å². The van der Waals surface area contributed by atoms with Gasteiger partial charge in [0.25, 0.3) is 0 Å². The highest BCUT2D eigenvalue weighted by atomic mass is 16.2. The van der Waals surface area contributed by atoms with Crippen LogP contribution in [-0.4, -0.2) is 62.1 Å². The number of aromatic nitrogens is 4. The molecule has 0 unspecified atom stereocenters. The lowest BCUT2D eigenvalue weighted by molar-refractivity contribution is -0.127.